The summed E-state index contributed by atoms with van der Waals surface area (Å²) >= 11 is 5.59. The Morgan fingerprint density at radius 1 is 1.44 bits per heavy atom. The molecule has 0 heterocycles. The van der Waals surface area contributed by atoms with Gasteiger partial charge in [-0.05, 0) is 12.1 Å². The number of benzene rings is 1. The minimum absolute atomic E-state index is 0.110. The van der Waals surface area contributed by atoms with Gasteiger partial charge in [0.2, 0.25) is 10.0 Å². The number of phenolic OH excluding ortho intramolecular Hbond substituents is 1. The summed E-state index contributed by atoms with van der Waals surface area (Å²) in [6, 6.07) is 2.16. The van der Waals surface area contributed by atoms with E-state index in [2.05, 4.69) is 4.72 Å². The van der Waals surface area contributed by atoms with E-state index < -0.39 is 10.0 Å². The summed E-state index contributed by atoms with van der Waals surface area (Å²) in [5.74, 6) is -0.359. The molecule has 1 aromatic carbocycles. The van der Waals surface area contributed by atoms with E-state index in [0.717, 1.165) is 12.1 Å². The van der Waals surface area contributed by atoms with Crippen molar-refractivity contribution < 1.29 is 18.6 Å². The van der Waals surface area contributed by atoms with Crippen LogP contribution in [0.2, 0.25) is 5.02 Å². The molecule has 0 bridgehead atoms. The van der Waals surface area contributed by atoms with Gasteiger partial charge in [0, 0.05) is 6.54 Å². The second-order valence-corrected chi connectivity index (χ2v) is 5.14. The molecule has 16 heavy (non-hydrogen) atoms. The number of sulfonamides is 1. The summed E-state index contributed by atoms with van der Waals surface area (Å²) in [5.41, 5.74) is 5.24. The lowest BCUT2D eigenvalue weighted by Crippen LogP contribution is -2.26. The first-order valence-corrected chi connectivity index (χ1v) is 6.13. The van der Waals surface area contributed by atoms with E-state index in [1.54, 1.807) is 0 Å². The Morgan fingerprint density at radius 2 is 2.06 bits per heavy atom. The molecule has 8 heteroatoms. The summed E-state index contributed by atoms with van der Waals surface area (Å²) in [6.07, 6.45) is 0. The van der Waals surface area contributed by atoms with Crippen molar-refractivity contribution in [1.82, 2.24) is 4.72 Å². The Kier molecular flexibility index (Phi) is 3.98. The first kappa shape index (κ1) is 13.0. The molecule has 1 aromatic rings. The highest BCUT2D eigenvalue weighted by atomic mass is 35.5. The normalized spacial score (nSPS) is 11.6. The monoisotopic (exact) mass is 266 g/mol. The van der Waals surface area contributed by atoms with Gasteiger partial charge in [0.1, 0.15) is 0 Å². The van der Waals surface area contributed by atoms with E-state index in [0.29, 0.717) is 0 Å². The standard InChI is InChI=1S/C8H11ClN2O4S/c9-6-3-5(4-7(10)8(6)13)16(14,15)11-1-2-12/h3-4,11-13H,1-2,10H2. The van der Waals surface area contributed by atoms with Crippen LogP contribution in [0.15, 0.2) is 17.0 Å². The van der Waals surface area contributed by atoms with Crippen molar-refractivity contribution in [3.63, 3.8) is 0 Å². The maximum Gasteiger partial charge on any atom is 0.240 e. The van der Waals surface area contributed by atoms with Gasteiger partial charge in [0.25, 0.3) is 0 Å². The molecule has 0 saturated carbocycles. The Balaban J connectivity index is 3.14. The maximum atomic E-state index is 11.6. The highest BCUT2D eigenvalue weighted by Gasteiger charge is 2.17. The number of nitrogen functional groups attached to an aromatic ring is 1. The first-order valence-electron chi connectivity index (χ1n) is 4.27. The number of nitrogens with one attached hydrogen (secondary N) is 1. The van der Waals surface area contributed by atoms with Gasteiger partial charge in [-0.25, -0.2) is 13.1 Å². The van der Waals surface area contributed by atoms with Crippen LogP contribution in [0, 0.1) is 0 Å². The van der Waals surface area contributed by atoms with Crippen molar-refractivity contribution in [3.8, 4) is 5.75 Å². The second kappa shape index (κ2) is 4.88. The molecule has 0 saturated heterocycles. The highest BCUT2D eigenvalue weighted by Crippen LogP contribution is 2.32. The molecule has 0 unspecified atom stereocenters. The zero-order chi connectivity index (χ0) is 12.3. The maximum absolute atomic E-state index is 11.6. The van der Waals surface area contributed by atoms with Crippen LogP contribution in [0.1, 0.15) is 0 Å². The predicted molar refractivity (Wildman–Crippen MR) is 59.8 cm³/mol. The number of nitrogens with two attached hydrogens (primary N) is 1. The van der Waals surface area contributed by atoms with Crippen LogP contribution in [-0.2, 0) is 10.0 Å². The molecule has 6 nitrogen and oxygen atoms in total. The van der Waals surface area contributed by atoms with Crippen LogP contribution in [0.5, 0.6) is 5.75 Å². The Bertz CT molecular complexity index is 466. The summed E-state index contributed by atoms with van der Waals surface area (Å²) in [6.45, 7) is -0.429. The van der Waals surface area contributed by atoms with Gasteiger partial charge in [-0.2, -0.15) is 0 Å². The van der Waals surface area contributed by atoms with E-state index in [9.17, 15) is 13.5 Å². The third kappa shape index (κ3) is 2.76. The first-order chi connectivity index (χ1) is 7.38. The number of rotatable bonds is 4. The number of aliphatic hydroxyl groups is 1. The third-order valence-corrected chi connectivity index (χ3v) is 3.51. The molecule has 5 N–H and O–H groups in total. The number of aromatic hydroxyl groups is 1. The van der Waals surface area contributed by atoms with Crippen LogP contribution < -0.4 is 10.5 Å². The number of hydrogen-bond acceptors (Lipinski definition) is 5. The molecule has 1 rings (SSSR count). The zero-order valence-electron chi connectivity index (χ0n) is 8.14. The Hall–Kier alpha value is -1.02. The molecule has 0 aliphatic carbocycles. The molecule has 90 valence electrons. The van der Waals surface area contributed by atoms with Crippen molar-refractivity contribution in [2.75, 3.05) is 18.9 Å². The third-order valence-electron chi connectivity index (χ3n) is 1.78. The van der Waals surface area contributed by atoms with Gasteiger partial charge in [-0.15, -0.1) is 0 Å². The molecule has 0 radical (unpaired) electrons. The molecule has 0 aliphatic heterocycles. The molecule has 0 amide bonds. The van der Waals surface area contributed by atoms with E-state index in [4.69, 9.17) is 22.4 Å². The van der Waals surface area contributed by atoms with Crippen molar-refractivity contribution in [2.24, 2.45) is 0 Å². The van der Waals surface area contributed by atoms with Gasteiger partial charge < -0.3 is 15.9 Å². The molecule has 0 aromatic heterocycles. The van der Waals surface area contributed by atoms with E-state index >= 15 is 0 Å². The van der Waals surface area contributed by atoms with Gasteiger partial charge in [-0.3, -0.25) is 0 Å². The second-order valence-electron chi connectivity index (χ2n) is 2.96. The van der Waals surface area contributed by atoms with E-state index in [-0.39, 0.29) is 34.5 Å². The smallest absolute Gasteiger partial charge is 0.240 e. The van der Waals surface area contributed by atoms with E-state index in [1.807, 2.05) is 0 Å². The Labute approximate surface area is 97.7 Å². The molecular formula is C8H11ClN2O4S. The lowest BCUT2D eigenvalue weighted by molar-refractivity contribution is 0.301. The minimum Gasteiger partial charge on any atom is -0.504 e. The number of phenols is 1. The lowest BCUT2D eigenvalue weighted by atomic mass is 10.3. The van der Waals surface area contributed by atoms with Crippen LogP contribution in [0.3, 0.4) is 0 Å². The lowest BCUT2D eigenvalue weighted by Gasteiger charge is -2.08. The van der Waals surface area contributed by atoms with Crippen molar-refractivity contribution in [2.45, 2.75) is 4.90 Å². The average Bonchev–Trinajstić information content (AvgIpc) is 2.22. The van der Waals surface area contributed by atoms with Crippen LogP contribution in [0.4, 0.5) is 5.69 Å². The van der Waals surface area contributed by atoms with Crippen LogP contribution >= 0.6 is 11.6 Å². The van der Waals surface area contributed by atoms with Crippen molar-refractivity contribution in [3.05, 3.63) is 17.2 Å². The SMILES string of the molecule is Nc1cc(S(=O)(=O)NCCO)cc(Cl)c1O. The molecular weight excluding hydrogens is 256 g/mol. The topological polar surface area (TPSA) is 113 Å². The minimum atomic E-state index is -3.77. The fraction of sp³-hybridized carbons (Fsp3) is 0.250. The van der Waals surface area contributed by atoms with Crippen molar-refractivity contribution in [1.29, 1.82) is 0 Å². The van der Waals surface area contributed by atoms with Gasteiger partial charge >= 0.3 is 0 Å². The van der Waals surface area contributed by atoms with Gasteiger partial charge in [-0.1, -0.05) is 11.6 Å². The fourth-order valence-corrected chi connectivity index (χ4v) is 2.39. The Morgan fingerprint density at radius 3 is 2.56 bits per heavy atom. The molecule has 0 atom stereocenters. The van der Waals surface area contributed by atoms with Crippen LogP contribution in [0.25, 0.3) is 0 Å². The summed E-state index contributed by atoms with van der Waals surface area (Å²) in [7, 11) is -3.77. The summed E-state index contributed by atoms with van der Waals surface area (Å²) < 4.78 is 25.3. The summed E-state index contributed by atoms with van der Waals surface area (Å²) in [5, 5.41) is 17.6. The number of anilines is 1. The quantitative estimate of drug-likeness (QED) is 0.449. The van der Waals surface area contributed by atoms with Crippen LogP contribution in [-0.4, -0.2) is 31.8 Å². The fourth-order valence-electron chi connectivity index (χ4n) is 1.01. The molecule has 0 aliphatic rings. The number of aliphatic hydroxyl groups excluding tert-OH is 1. The van der Waals surface area contributed by atoms with Gasteiger partial charge in [0.15, 0.2) is 5.75 Å². The van der Waals surface area contributed by atoms with E-state index in [1.165, 1.54) is 0 Å². The average molecular weight is 267 g/mol. The highest BCUT2D eigenvalue weighted by molar-refractivity contribution is 7.89. The summed E-state index contributed by atoms with van der Waals surface area (Å²) in [4.78, 5) is -0.166. The number of hydrogen-bond donors (Lipinski definition) is 4. The zero-order valence-corrected chi connectivity index (χ0v) is 9.72. The largest absolute Gasteiger partial charge is 0.504 e. The van der Waals surface area contributed by atoms with Gasteiger partial charge in [0.05, 0.1) is 22.2 Å². The predicted octanol–water partition coefficient (Wildman–Crippen LogP) is -0.102. The molecule has 0 fully saturated rings. The molecule has 0 spiro atoms. The number of halogens is 1. The van der Waals surface area contributed by atoms with Crippen molar-refractivity contribution >= 4 is 27.3 Å².